The van der Waals surface area contributed by atoms with Crippen molar-refractivity contribution in [3.8, 4) is 11.5 Å². The van der Waals surface area contributed by atoms with Crippen molar-refractivity contribution in [2.24, 2.45) is 0 Å². The van der Waals surface area contributed by atoms with Gasteiger partial charge in [0.25, 0.3) is 0 Å². The molecule has 4 heteroatoms. The first-order valence-corrected chi connectivity index (χ1v) is 5.78. The molecule has 0 saturated carbocycles. The summed E-state index contributed by atoms with van der Waals surface area (Å²) in [6.45, 7) is 0. The van der Waals surface area contributed by atoms with E-state index in [1.54, 1.807) is 18.5 Å². The normalized spacial score (nSPS) is 10.3. The highest BCUT2D eigenvalue weighted by Crippen LogP contribution is 2.28. The number of fused-ring (bicyclic) bond motifs is 1. The monoisotopic (exact) mass is 250 g/mol. The third kappa shape index (κ3) is 2.28. The fraction of sp³-hybridized carbons (Fsp3) is 0. The number of nitrogens with zero attached hydrogens (tertiary/aromatic N) is 2. The van der Waals surface area contributed by atoms with Crippen LogP contribution in [0.2, 0.25) is 0 Å². The molecule has 3 aromatic rings. The lowest BCUT2D eigenvalue weighted by Gasteiger charge is -2.08. The topological polar surface area (TPSA) is 52.1 Å². The van der Waals surface area contributed by atoms with E-state index in [4.69, 9.17) is 4.74 Å². The zero-order valence-corrected chi connectivity index (χ0v) is 9.98. The molecule has 0 saturated heterocycles. The summed E-state index contributed by atoms with van der Waals surface area (Å²) in [5.41, 5.74) is 1.34. The quantitative estimate of drug-likeness (QED) is 0.669. The molecule has 1 aromatic carbocycles. The maximum atomic E-state index is 10.7. The van der Waals surface area contributed by atoms with Gasteiger partial charge in [0.15, 0.2) is 6.29 Å². The Morgan fingerprint density at radius 1 is 1.11 bits per heavy atom. The summed E-state index contributed by atoms with van der Waals surface area (Å²) >= 11 is 0. The predicted octanol–water partition coefficient (Wildman–Crippen LogP) is 3.23. The molecule has 0 aliphatic heterocycles. The van der Waals surface area contributed by atoms with Crippen LogP contribution < -0.4 is 4.74 Å². The molecule has 2 heterocycles. The Balaban J connectivity index is 2.03. The second-order valence-corrected chi connectivity index (χ2v) is 4.00. The lowest BCUT2D eigenvalue weighted by Crippen LogP contribution is -1.89. The van der Waals surface area contributed by atoms with Gasteiger partial charge in [0.05, 0.1) is 11.7 Å². The zero-order valence-electron chi connectivity index (χ0n) is 9.98. The van der Waals surface area contributed by atoms with E-state index < -0.39 is 0 Å². The first-order chi connectivity index (χ1) is 9.36. The molecule has 0 atom stereocenters. The van der Waals surface area contributed by atoms with Crippen molar-refractivity contribution < 1.29 is 9.53 Å². The summed E-state index contributed by atoms with van der Waals surface area (Å²) < 4.78 is 5.77. The van der Waals surface area contributed by atoms with Crippen molar-refractivity contribution in [2.45, 2.75) is 0 Å². The van der Waals surface area contributed by atoms with Gasteiger partial charge in [0, 0.05) is 23.3 Å². The Hall–Kier alpha value is -2.75. The number of carbonyl (C=O) groups is 1. The molecule has 2 aromatic heterocycles. The van der Waals surface area contributed by atoms with Gasteiger partial charge >= 0.3 is 0 Å². The molecule has 19 heavy (non-hydrogen) atoms. The van der Waals surface area contributed by atoms with Gasteiger partial charge in [-0.1, -0.05) is 6.07 Å². The van der Waals surface area contributed by atoms with E-state index in [0.717, 1.165) is 17.2 Å². The number of hydrogen-bond acceptors (Lipinski definition) is 4. The smallest absolute Gasteiger partial charge is 0.151 e. The highest BCUT2D eigenvalue weighted by molar-refractivity contribution is 5.85. The molecule has 0 radical (unpaired) electrons. The highest BCUT2D eigenvalue weighted by atomic mass is 16.5. The number of pyridine rings is 2. The summed E-state index contributed by atoms with van der Waals surface area (Å²) in [6, 6.07) is 11.1. The number of aromatic nitrogens is 2. The lowest BCUT2D eigenvalue weighted by atomic mass is 10.2. The van der Waals surface area contributed by atoms with E-state index >= 15 is 0 Å². The minimum atomic E-state index is 0.482. The third-order valence-corrected chi connectivity index (χ3v) is 2.70. The molecular formula is C15H10N2O2. The van der Waals surface area contributed by atoms with Gasteiger partial charge < -0.3 is 4.74 Å². The van der Waals surface area contributed by atoms with Crippen LogP contribution >= 0.6 is 0 Å². The van der Waals surface area contributed by atoms with Crippen molar-refractivity contribution in [1.29, 1.82) is 0 Å². The summed E-state index contributed by atoms with van der Waals surface area (Å²) in [5.74, 6) is 1.22. The average Bonchev–Trinajstić information content (AvgIpc) is 2.48. The first kappa shape index (κ1) is 11.3. The van der Waals surface area contributed by atoms with Crippen LogP contribution in [-0.4, -0.2) is 16.3 Å². The fourth-order valence-electron chi connectivity index (χ4n) is 1.85. The highest BCUT2D eigenvalue weighted by Gasteiger charge is 2.04. The minimum Gasteiger partial charge on any atom is -0.455 e. The first-order valence-electron chi connectivity index (χ1n) is 5.78. The molecule has 0 amide bonds. The zero-order chi connectivity index (χ0) is 13.1. The van der Waals surface area contributed by atoms with Crippen molar-refractivity contribution in [2.75, 3.05) is 0 Å². The van der Waals surface area contributed by atoms with Crippen LogP contribution in [0.5, 0.6) is 11.5 Å². The van der Waals surface area contributed by atoms with Gasteiger partial charge in [0.1, 0.15) is 11.5 Å². The van der Waals surface area contributed by atoms with Crippen molar-refractivity contribution in [3.63, 3.8) is 0 Å². The maximum Gasteiger partial charge on any atom is 0.151 e. The van der Waals surface area contributed by atoms with Crippen molar-refractivity contribution >= 4 is 17.2 Å². The Morgan fingerprint density at radius 3 is 2.95 bits per heavy atom. The summed E-state index contributed by atoms with van der Waals surface area (Å²) in [7, 11) is 0. The number of ether oxygens (including phenoxy) is 1. The average molecular weight is 250 g/mol. The van der Waals surface area contributed by atoms with E-state index in [9.17, 15) is 4.79 Å². The van der Waals surface area contributed by atoms with Gasteiger partial charge in [-0.3, -0.25) is 14.8 Å². The molecular weight excluding hydrogens is 240 g/mol. The van der Waals surface area contributed by atoms with Crippen LogP contribution in [0, 0.1) is 0 Å². The second-order valence-electron chi connectivity index (χ2n) is 4.00. The SMILES string of the molecule is O=Cc1cncc(Oc2cccc3ncccc23)c1. The fourth-order valence-corrected chi connectivity index (χ4v) is 1.85. The van der Waals surface area contributed by atoms with Crippen LogP contribution in [-0.2, 0) is 0 Å². The van der Waals surface area contributed by atoms with Crippen LogP contribution in [0.3, 0.4) is 0 Å². The second kappa shape index (κ2) is 4.86. The standard InChI is InChI=1S/C15H10N2O2/c18-10-11-7-12(9-16-8-11)19-15-5-1-4-14-13(15)3-2-6-17-14/h1-10H. The molecule has 0 spiro atoms. The van der Waals surface area contributed by atoms with E-state index in [2.05, 4.69) is 9.97 Å². The molecule has 0 unspecified atom stereocenters. The van der Waals surface area contributed by atoms with Crippen LogP contribution in [0.4, 0.5) is 0 Å². The Kier molecular flexibility index (Phi) is 2.90. The van der Waals surface area contributed by atoms with Crippen LogP contribution in [0.1, 0.15) is 10.4 Å². The van der Waals surface area contributed by atoms with Crippen molar-refractivity contribution in [1.82, 2.24) is 9.97 Å². The van der Waals surface area contributed by atoms with E-state index in [1.165, 1.54) is 6.20 Å². The van der Waals surface area contributed by atoms with Crippen LogP contribution in [0.15, 0.2) is 55.0 Å². The summed E-state index contributed by atoms with van der Waals surface area (Å²) in [5, 5.41) is 0.918. The van der Waals surface area contributed by atoms with Gasteiger partial charge in [-0.05, 0) is 30.3 Å². The molecule has 0 aliphatic carbocycles. The molecule has 0 aliphatic rings. The van der Waals surface area contributed by atoms with Gasteiger partial charge in [-0.15, -0.1) is 0 Å². The molecule has 92 valence electrons. The molecule has 0 bridgehead atoms. The molecule has 0 fully saturated rings. The Labute approximate surface area is 109 Å². The third-order valence-electron chi connectivity index (χ3n) is 2.70. The maximum absolute atomic E-state index is 10.7. The molecule has 4 nitrogen and oxygen atoms in total. The largest absolute Gasteiger partial charge is 0.455 e. The van der Waals surface area contributed by atoms with E-state index in [-0.39, 0.29) is 0 Å². The van der Waals surface area contributed by atoms with Gasteiger partial charge in [0.2, 0.25) is 0 Å². The van der Waals surface area contributed by atoms with Crippen molar-refractivity contribution in [3.05, 3.63) is 60.6 Å². The number of rotatable bonds is 3. The summed E-state index contributed by atoms with van der Waals surface area (Å²) in [4.78, 5) is 18.9. The number of benzene rings is 1. The lowest BCUT2D eigenvalue weighted by molar-refractivity contribution is 0.112. The van der Waals surface area contributed by atoms with Crippen LogP contribution in [0.25, 0.3) is 10.9 Å². The molecule has 0 N–H and O–H groups in total. The Morgan fingerprint density at radius 2 is 2.05 bits per heavy atom. The number of carbonyl (C=O) groups excluding carboxylic acids is 1. The van der Waals surface area contributed by atoms with Gasteiger partial charge in [-0.2, -0.15) is 0 Å². The Bertz CT molecular complexity index is 736. The number of aldehydes is 1. The minimum absolute atomic E-state index is 0.482. The predicted molar refractivity (Wildman–Crippen MR) is 71.4 cm³/mol. The molecule has 3 rings (SSSR count). The number of hydrogen-bond donors (Lipinski definition) is 0. The van der Waals surface area contributed by atoms with E-state index in [0.29, 0.717) is 17.1 Å². The summed E-state index contributed by atoms with van der Waals surface area (Å²) in [6.07, 6.45) is 5.54. The van der Waals surface area contributed by atoms with Gasteiger partial charge in [-0.25, -0.2) is 0 Å². The van der Waals surface area contributed by atoms with E-state index in [1.807, 2.05) is 30.3 Å².